The molecule has 1 fully saturated rings. The molecule has 2 atom stereocenters. The zero-order chi connectivity index (χ0) is 8.97. The van der Waals surface area contributed by atoms with Crippen LogP contribution in [0.25, 0.3) is 0 Å². The van der Waals surface area contributed by atoms with Gasteiger partial charge in [-0.2, -0.15) is 0 Å². The van der Waals surface area contributed by atoms with Gasteiger partial charge in [-0.05, 0) is 7.05 Å². The highest BCUT2D eigenvalue weighted by molar-refractivity contribution is 5.66. The molecule has 4 heteroatoms. The molecular formula is C8H15NO3. The van der Waals surface area contributed by atoms with Crippen molar-refractivity contribution in [1.29, 1.82) is 0 Å². The smallest absolute Gasteiger partial charge is 0.302 e. The molecule has 0 saturated carbocycles. The summed E-state index contributed by atoms with van der Waals surface area (Å²) in [4.78, 5) is 10.7. The fraction of sp³-hybridized carbons (Fsp3) is 0.875. The van der Waals surface area contributed by atoms with Gasteiger partial charge in [0.15, 0.2) is 0 Å². The molecule has 1 N–H and O–H groups in total. The van der Waals surface area contributed by atoms with Crippen molar-refractivity contribution in [2.45, 2.75) is 25.5 Å². The topological polar surface area (TPSA) is 47.6 Å². The van der Waals surface area contributed by atoms with Crippen molar-refractivity contribution in [2.75, 3.05) is 20.3 Å². The summed E-state index contributed by atoms with van der Waals surface area (Å²) in [6.45, 7) is 2.73. The van der Waals surface area contributed by atoms with Crippen LogP contribution in [-0.4, -0.2) is 38.4 Å². The second kappa shape index (κ2) is 4.42. The summed E-state index contributed by atoms with van der Waals surface area (Å²) in [6, 6.07) is 0.141. The molecule has 1 aliphatic rings. The number of rotatable bonds is 2. The van der Waals surface area contributed by atoms with E-state index >= 15 is 0 Å². The number of carbonyl (C=O) groups is 1. The van der Waals surface area contributed by atoms with Crippen LogP contribution in [0.3, 0.4) is 0 Å². The van der Waals surface area contributed by atoms with Gasteiger partial charge in [-0.1, -0.05) is 0 Å². The van der Waals surface area contributed by atoms with Crippen LogP contribution >= 0.6 is 0 Å². The third-order valence-corrected chi connectivity index (χ3v) is 1.98. The van der Waals surface area contributed by atoms with Crippen molar-refractivity contribution in [3.05, 3.63) is 0 Å². The standard InChI is InChI=1S/C8H15NO3/c1-6(10)12-8-3-4-11-5-7(8)9-2/h7-9H,3-5H2,1-2H3. The molecule has 0 spiro atoms. The molecule has 0 aromatic carbocycles. The lowest BCUT2D eigenvalue weighted by atomic mass is 10.1. The fourth-order valence-electron chi connectivity index (χ4n) is 1.34. The Kier molecular flexibility index (Phi) is 3.49. The van der Waals surface area contributed by atoms with Gasteiger partial charge in [0, 0.05) is 13.3 Å². The van der Waals surface area contributed by atoms with Crippen LogP contribution in [0, 0.1) is 0 Å². The maximum atomic E-state index is 10.7. The second-order valence-corrected chi connectivity index (χ2v) is 2.91. The van der Waals surface area contributed by atoms with Gasteiger partial charge in [0.25, 0.3) is 0 Å². The Morgan fingerprint density at radius 1 is 1.67 bits per heavy atom. The van der Waals surface area contributed by atoms with Gasteiger partial charge in [0.1, 0.15) is 6.10 Å². The quantitative estimate of drug-likeness (QED) is 0.594. The highest BCUT2D eigenvalue weighted by atomic mass is 16.6. The maximum absolute atomic E-state index is 10.7. The molecule has 4 nitrogen and oxygen atoms in total. The summed E-state index contributed by atoms with van der Waals surface area (Å²) in [7, 11) is 1.84. The molecule has 0 aliphatic carbocycles. The zero-order valence-electron chi connectivity index (χ0n) is 7.50. The van der Waals surface area contributed by atoms with E-state index < -0.39 is 0 Å². The number of likely N-dealkylation sites (N-methyl/N-ethyl adjacent to an activating group) is 1. The third-order valence-electron chi connectivity index (χ3n) is 1.98. The highest BCUT2D eigenvalue weighted by Gasteiger charge is 2.26. The number of hydrogen-bond acceptors (Lipinski definition) is 4. The lowest BCUT2D eigenvalue weighted by Gasteiger charge is -2.30. The summed E-state index contributed by atoms with van der Waals surface area (Å²) in [6.07, 6.45) is 0.756. The van der Waals surface area contributed by atoms with Gasteiger partial charge in [-0.25, -0.2) is 0 Å². The predicted octanol–water partition coefficient (Wildman–Crippen LogP) is -0.0736. The lowest BCUT2D eigenvalue weighted by molar-refractivity contribution is -0.152. The monoisotopic (exact) mass is 173 g/mol. The van der Waals surface area contributed by atoms with Crippen LogP contribution < -0.4 is 5.32 Å². The van der Waals surface area contributed by atoms with Crippen LogP contribution in [0.2, 0.25) is 0 Å². The van der Waals surface area contributed by atoms with Crippen LogP contribution in [0.5, 0.6) is 0 Å². The molecule has 1 saturated heterocycles. The molecule has 2 unspecified atom stereocenters. The van der Waals surface area contributed by atoms with Gasteiger partial charge >= 0.3 is 5.97 Å². The Balaban J connectivity index is 2.41. The number of ether oxygens (including phenoxy) is 2. The molecular weight excluding hydrogens is 158 g/mol. The average molecular weight is 173 g/mol. The Morgan fingerprint density at radius 2 is 2.42 bits per heavy atom. The van der Waals surface area contributed by atoms with Crippen LogP contribution in [0.4, 0.5) is 0 Å². The molecule has 1 aliphatic heterocycles. The van der Waals surface area contributed by atoms with Crippen LogP contribution in [0.15, 0.2) is 0 Å². The Hall–Kier alpha value is -0.610. The van der Waals surface area contributed by atoms with Crippen molar-refractivity contribution >= 4 is 5.97 Å². The van der Waals surface area contributed by atoms with Crippen LogP contribution in [-0.2, 0) is 14.3 Å². The van der Waals surface area contributed by atoms with Crippen molar-refractivity contribution in [3.8, 4) is 0 Å². The van der Waals surface area contributed by atoms with Crippen molar-refractivity contribution in [3.63, 3.8) is 0 Å². The molecule has 0 aromatic rings. The average Bonchev–Trinajstić information content (AvgIpc) is 2.04. The number of hydrogen-bond donors (Lipinski definition) is 1. The minimum absolute atomic E-state index is 0.0266. The molecule has 0 amide bonds. The van der Waals surface area contributed by atoms with E-state index in [1.54, 1.807) is 0 Å². The Bertz CT molecular complexity index is 160. The molecule has 0 radical (unpaired) electrons. The Morgan fingerprint density at radius 3 is 3.00 bits per heavy atom. The zero-order valence-corrected chi connectivity index (χ0v) is 7.50. The molecule has 0 aromatic heterocycles. The molecule has 1 rings (SSSR count). The first-order valence-electron chi connectivity index (χ1n) is 4.16. The summed E-state index contributed by atoms with van der Waals surface area (Å²) >= 11 is 0. The highest BCUT2D eigenvalue weighted by Crippen LogP contribution is 2.11. The summed E-state index contributed by atoms with van der Waals surface area (Å²) in [5.41, 5.74) is 0. The van der Waals surface area contributed by atoms with Crippen molar-refractivity contribution in [2.24, 2.45) is 0 Å². The minimum Gasteiger partial charge on any atom is -0.461 e. The SMILES string of the molecule is CNC1COCCC1OC(C)=O. The fourth-order valence-corrected chi connectivity index (χ4v) is 1.34. The number of nitrogens with one attached hydrogen (secondary N) is 1. The van der Waals surface area contributed by atoms with E-state index in [-0.39, 0.29) is 18.1 Å². The predicted molar refractivity (Wildman–Crippen MR) is 43.8 cm³/mol. The Labute approximate surface area is 72.2 Å². The number of esters is 1. The van der Waals surface area contributed by atoms with Gasteiger partial charge in [0.2, 0.25) is 0 Å². The van der Waals surface area contributed by atoms with Crippen molar-refractivity contribution < 1.29 is 14.3 Å². The first-order valence-corrected chi connectivity index (χ1v) is 4.16. The first kappa shape index (κ1) is 9.48. The van der Waals surface area contributed by atoms with E-state index in [1.165, 1.54) is 6.92 Å². The van der Waals surface area contributed by atoms with Gasteiger partial charge in [-0.15, -0.1) is 0 Å². The lowest BCUT2D eigenvalue weighted by Crippen LogP contribution is -2.47. The van der Waals surface area contributed by atoms with E-state index in [0.717, 1.165) is 6.42 Å². The molecule has 0 bridgehead atoms. The largest absolute Gasteiger partial charge is 0.461 e. The summed E-state index contributed by atoms with van der Waals surface area (Å²) in [5, 5.41) is 3.06. The van der Waals surface area contributed by atoms with E-state index in [0.29, 0.717) is 13.2 Å². The van der Waals surface area contributed by atoms with E-state index in [4.69, 9.17) is 9.47 Å². The normalized spacial score (nSPS) is 29.8. The maximum Gasteiger partial charge on any atom is 0.302 e. The first-order chi connectivity index (χ1) is 5.74. The van der Waals surface area contributed by atoms with Gasteiger partial charge in [-0.3, -0.25) is 4.79 Å². The molecule has 12 heavy (non-hydrogen) atoms. The van der Waals surface area contributed by atoms with E-state index in [2.05, 4.69) is 5.32 Å². The number of carbonyl (C=O) groups excluding carboxylic acids is 1. The third kappa shape index (κ3) is 2.46. The minimum atomic E-state index is -0.220. The van der Waals surface area contributed by atoms with Gasteiger partial charge < -0.3 is 14.8 Å². The van der Waals surface area contributed by atoms with Crippen LogP contribution in [0.1, 0.15) is 13.3 Å². The summed E-state index contributed by atoms with van der Waals surface area (Å²) in [5.74, 6) is -0.220. The molecule has 1 heterocycles. The van der Waals surface area contributed by atoms with Gasteiger partial charge in [0.05, 0.1) is 19.3 Å². The molecule has 70 valence electrons. The van der Waals surface area contributed by atoms with E-state index in [1.807, 2.05) is 7.05 Å². The summed E-state index contributed by atoms with van der Waals surface area (Å²) < 4.78 is 10.3. The second-order valence-electron chi connectivity index (χ2n) is 2.91. The van der Waals surface area contributed by atoms with Crippen molar-refractivity contribution in [1.82, 2.24) is 5.32 Å². The van der Waals surface area contributed by atoms with E-state index in [9.17, 15) is 4.79 Å².